The van der Waals surface area contributed by atoms with Crippen LogP contribution < -0.4 is 15.4 Å². The van der Waals surface area contributed by atoms with Crippen LogP contribution >= 0.6 is 0 Å². The number of hydrogen-bond acceptors (Lipinski definition) is 4. The van der Waals surface area contributed by atoms with E-state index in [1.54, 1.807) is 48.5 Å². The second-order valence-electron chi connectivity index (χ2n) is 8.57. The molecule has 7 nitrogen and oxygen atoms in total. The highest BCUT2D eigenvalue weighted by Crippen LogP contribution is 2.23. The lowest BCUT2D eigenvalue weighted by atomic mass is 10.1. The molecule has 37 heavy (non-hydrogen) atoms. The molecular formula is C29H27N3O4S. The van der Waals surface area contributed by atoms with Crippen molar-refractivity contribution in [2.24, 2.45) is 0 Å². The van der Waals surface area contributed by atoms with Crippen LogP contribution in [0.5, 0.6) is 0 Å². The maximum atomic E-state index is 13.2. The van der Waals surface area contributed by atoms with Gasteiger partial charge in [0.25, 0.3) is 21.8 Å². The summed E-state index contributed by atoms with van der Waals surface area (Å²) < 4.78 is 28.3. The van der Waals surface area contributed by atoms with Crippen LogP contribution in [0.15, 0.2) is 108 Å². The molecule has 0 heterocycles. The number of para-hydroxylation sites is 2. The maximum Gasteiger partial charge on any atom is 0.261 e. The van der Waals surface area contributed by atoms with E-state index >= 15 is 0 Å². The Morgan fingerprint density at radius 1 is 0.676 bits per heavy atom. The molecule has 0 fully saturated rings. The predicted octanol–water partition coefficient (Wildman–Crippen LogP) is 5.54. The number of carbonyl (C=O) groups excluding carboxylic acids is 2. The van der Waals surface area contributed by atoms with E-state index in [0.717, 1.165) is 11.1 Å². The number of anilines is 2. The zero-order chi connectivity index (χ0) is 26.4. The van der Waals surface area contributed by atoms with Crippen LogP contribution in [0.25, 0.3) is 0 Å². The molecule has 1 unspecified atom stereocenters. The van der Waals surface area contributed by atoms with Crippen LogP contribution in [0.1, 0.15) is 44.8 Å². The van der Waals surface area contributed by atoms with Crippen LogP contribution in [-0.2, 0) is 10.0 Å². The summed E-state index contributed by atoms with van der Waals surface area (Å²) >= 11 is 0. The molecule has 0 saturated carbocycles. The van der Waals surface area contributed by atoms with E-state index in [4.69, 9.17) is 0 Å². The third-order valence-electron chi connectivity index (χ3n) is 5.81. The topological polar surface area (TPSA) is 104 Å². The fourth-order valence-corrected chi connectivity index (χ4v) is 4.85. The molecule has 0 aliphatic rings. The fraction of sp³-hybridized carbons (Fsp3) is 0.103. The summed E-state index contributed by atoms with van der Waals surface area (Å²) in [5.41, 5.74) is 2.72. The van der Waals surface area contributed by atoms with Gasteiger partial charge in [0.05, 0.1) is 33.4 Å². The van der Waals surface area contributed by atoms with Gasteiger partial charge in [-0.25, -0.2) is 8.42 Å². The molecule has 8 heteroatoms. The number of sulfonamides is 1. The first-order valence-corrected chi connectivity index (χ1v) is 13.2. The molecular weight excluding hydrogens is 486 g/mol. The minimum Gasteiger partial charge on any atom is -0.345 e. The maximum absolute atomic E-state index is 13.2. The Bertz CT molecular complexity index is 1520. The normalized spacial score (nSPS) is 11.8. The molecule has 4 rings (SSSR count). The van der Waals surface area contributed by atoms with Gasteiger partial charge in [0.15, 0.2) is 0 Å². The largest absolute Gasteiger partial charge is 0.345 e. The Hall–Kier alpha value is -4.43. The van der Waals surface area contributed by atoms with Gasteiger partial charge in [-0.05, 0) is 55.8 Å². The van der Waals surface area contributed by atoms with Crippen LogP contribution in [0.4, 0.5) is 11.4 Å². The van der Waals surface area contributed by atoms with E-state index in [9.17, 15) is 18.0 Å². The summed E-state index contributed by atoms with van der Waals surface area (Å²) in [5, 5.41) is 5.71. The molecule has 0 radical (unpaired) electrons. The van der Waals surface area contributed by atoms with Gasteiger partial charge in [0, 0.05) is 0 Å². The average molecular weight is 514 g/mol. The lowest BCUT2D eigenvalue weighted by Crippen LogP contribution is -2.28. The molecule has 3 N–H and O–H groups in total. The van der Waals surface area contributed by atoms with Crippen molar-refractivity contribution in [3.63, 3.8) is 0 Å². The van der Waals surface area contributed by atoms with Crippen LogP contribution in [0.2, 0.25) is 0 Å². The summed E-state index contributed by atoms with van der Waals surface area (Å²) in [7, 11) is -3.91. The Morgan fingerprint density at radius 2 is 1.22 bits per heavy atom. The average Bonchev–Trinajstić information content (AvgIpc) is 2.89. The second-order valence-corrected chi connectivity index (χ2v) is 10.3. The predicted molar refractivity (Wildman–Crippen MR) is 145 cm³/mol. The lowest BCUT2D eigenvalue weighted by molar-refractivity contribution is 0.0940. The van der Waals surface area contributed by atoms with E-state index in [0.29, 0.717) is 5.69 Å². The van der Waals surface area contributed by atoms with E-state index in [2.05, 4.69) is 15.4 Å². The van der Waals surface area contributed by atoms with Gasteiger partial charge in [0.1, 0.15) is 0 Å². The van der Waals surface area contributed by atoms with Gasteiger partial charge in [-0.1, -0.05) is 72.3 Å². The van der Waals surface area contributed by atoms with Crippen molar-refractivity contribution in [3.8, 4) is 0 Å². The standard InChI is InChI=1S/C29H27N3O4S/c1-20-16-18-23(19-17-20)37(35,36)32-27-15-9-7-13-25(27)29(34)31-26-14-8-6-12-24(26)28(33)30-21(2)22-10-4-3-5-11-22/h3-19,21,32H,1-2H3,(H,30,33)(H,31,34). The van der Waals surface area contributed by atoms with E-state index < -0.39 is 15.9 Å². The third kappa shape index (κ3) is 6.23. The molecule has 4 aromatic rings. The Balaban J connectivity index is 1.54. The number of hydrogen-bond donors (Lipinski definition) is 3. The monoisotopic (exact) mass is 513 g/mol. The minimum atomic E-state index is -3.91. The summed E-state index contributed by atoms with van der Waals surface area (Å²) in [6, 6.07) is 28.7. The van der Waals surface area contributed by atoms with E-state index in [1.807, 2.05) is 44.2 Å². The molecule has 0 spiro atoms. The van der Waals surface area contributed by atoms with E-state index in [-0.39, 0.29) is 33.7 Å². The Labute approximate surface area is 216 Å². The lowest BCUT2D eigenvalue weighted by Gasteiger charge is -2.17. The summed E-state index contributed by atoms with van der Waals surface area (Å²) in [5.74, 6) is -0.904. The zero-order valence-electron chi connectivity index (χ0n) is 20.4. The fourth-order valence-electron chi connectivity index (χ4n) is 3.77. The first-order chi connectivity index (χ1) is 17.7. The number of benzene rings is 4. The van der Waals surface area contributed by atoms with Crippen LogP contribution in [-0.4, -0.2) is 20.2 Å². The first kappa shape index (κ1) is 25.7. The first-order valence-electron chi connectivity index (χ1n) is 11.7. The van der Waals surface area contributed by atoms with Crippen molar-refractivity contribution < 1.29 is 18.0 Å². The third-order valence-corrected chi connectivity index (χ3v) is 7.20. The van der Waals surface area contributed by atoms with Crippen molar-refractivity contribution in [2.75, 3.05) is 10.0 Å². The quantitative estimate of drug-likeness (QED) is 0.288. The molecule has 0 aliphatic heterocycles. The molecule has 0 aromatic heterocycles. The minimum absolute atomic E-state index is 0.0860. The van der Waals surface area contributed by atoms with Crippen LogP contribution in [0, 0.1) is 6.92 Å². The molecule has 1 atom stereocenters. The molecule has 4 aromatic carbocycles. The van der Waals surface area contributed by atoms with Gasteiger partial charge in [-0.2, -0.15) is 0 Å². The molecule has 2 amide bonds. The SMILES string of the molecule is Cc1ccc(S(=O)(=O)Nc2ccccc2C(=O)Nc2ccccc2C(=O)NC(C)c2ccccc2)cc1. The summed E-state index contributed by atoms with van der Waals surface area (Å²) in [4.78, 5) is 26.4. The smallest absolute Gasteiger partial charge is 0.261 e. The number of nitrogens with one attached hydrogen (secondary N) is 3. The van der Waals surface area contributed by atoms with Gasteiger partial charge < -0.3 is 10.6 Å². The van der Waals surface area contributed by atoms with Gasteiger partial charge >= 0.3 is 0 Å². The van der Waals surface area contributed by atoms with Crippen molar-refractivity contribution >= 4 is 33.2 Å². The van der Waals surface area contributed by atoms with Gasteiger partial charge in [-0.3, -0.25) is 14.3 Å². The zero-order valence-corrected chi connectivity index (χ0v) is 21.3. The van der Waals surface area contributed by atoms with Crippen molar-refractivity contribution in [1.82, 2.24) is 5.32 Å². The molecule has 188 valence electrons. The highest BCUT2D eigenvalue weighted by molar-refractivity contribution is 7.92. The van der Waals surface area contributed by atoms with Crippen molar-refractivity contribution in [2.45, 2.75) is 24.8 Å². The number of amides is 2. The molecule has 0 bridgehead atoms. The van der Waals surface area contributed by atoms with Crippen LogP contribution in [0.3, 0.4) is 0 Å². The highest BCUT2D eigenvalue weighted by atomic mass is 32.2. The summed E-state index contributed by atoms with van der Waals surface area (Å²) in [6.45, 7) is 3.74. The highest BCUT2D eigenvalue weighted by Gasteiger charge is 2.21. The molecule has 0 saturated heterocycles. The Kier molecular flexibility index (Phi) is 7.69. The van der Waals surface area contributed by atoms with Crippen molar-refractivity contribution in [3.05, 3.63) is 125 Å². The number of rotatable bonds is 8. The molecule has 0 aliphatic carbocycles. The number of carbonyl (C=O) groups is 2. The number of aryl methyl sites for hydroxylation is 1. The summed E-state index contributed by atoms with van der Waals surface area (Å²) in [6.07, 6.45) is 0. The van der Waals surface area contributed by atoms with Gasteiger partial charge in [0.2, 0.25) is 0 Å². The van der Waals surface area contributed by atoms with E-state index in [1.165, 1.54) is 24.3 Å². The van der Waals surface area contributed by atoms with Crippen molar-refractivity contribution in [1.29, 1.82) is 0 Å². The Morgan fingerprint density at radius 3 is 1.86 bits per heavy atom. The van der Waals surface area contributed by atoms with Gasteiger partial charge in [-0.15, -0.1) is 0 Å². The second kappa shape index (κ2) is 11.1.